The molecule has 0 aliphatic rings. The number of nitrogens with zero attached hydrogens (tertiary/aromatic N) is 3. The Balaban J connectivity index is 1.71. The lowest BCUT2D eigenvalue weighted by atomic mass is 10.2. The molecule has 0 spiro atoms. The van der Waals surface area contributed by atoms with Gasteiger partial charge >= 0.3 is 5.97 Å². The van der Waals surface area contributed by atoms with Gasteiger partial charge in [0.15, 0.2) is 4.80 Å². The molecule has 0 aliphatic heterocycles. The highest BCUT2D eigenvalue weighted by atomic mass is 35.5. The molecule has 11 heteroatoms. The minimum absolute atomic E-state index is 0.0595. The topological polar surface area (TPSA) is 98.0 Å². The smallest absolute Gasteiger partial charge is 0.326 e. The number of halogens is 1. The monoisotopic (exact) mass is 571 g/mol. The van der Waals surface area contributed by atoms with Crippen LogP contribution in [-0.2, 0) is 26.1 Å². The van der Waals surface area contributed by atoms with Crippen LogP contribution in [0.4, 0.5) is 5.69 Å². The first-order valence-electron chi connectivity index (χ1n) is 11.9. The number of sulfonamides is 1. The van der Waals surface area contributed by atoms with E-state index in [1.807, 2.05) is 19.1 Å². The predicted molar refractivity (Wildman–Crippen MR) is 149 cm³/mol. The highest BCUT2D eigenvalue weighted by Gasteiger charge is 2.24. The van der Waals surface area contributed by atoms with Crippen LogP contribution in [0.1, 0.15) is 29.8 Å². The van der Waals surface area contributed by atoms with Crippen LogP contribution in [-0.4, -0.2) is 38.0 Å². The summed E-state index contributed by atoms with van der Waals surface area (Å²) in [6, 6.07) is 18.0. The number of ether oxygens (including phenoxy) is 1. The third-order valence-corrected chi connectivity index (χ3v) is 9.21. The number of aryl methyl sites for hydroxylation is 1. The minimum Gasteiger partial charge on any atom is -0.465 e. The average molecular weight is 572 g/mol. The minimum atomic E-state index is -3.83. The van der Waals surface area contributed by atoms with E-state index in [0.717, 1.165) is 10.3 Å². The van der Waals surface area contributed by atoms with Crippen LogP contribution in [0.15, 0.2) is 76.6 Å². The number of fused-ring (bicyclic) bond motifs is 1. The molecule has 3 aromatic carbocycles. The molecule has 0 unspecified atom stereocenters. The van der Waals surface area contributed by atoms with E-state index in [1.165, 1.54) is 39.9 Å². The lowest BCUT2D eigenvalue weighted by Gasteiger charge is -2.22. The number of thiazole rings is 1. The second kappa shape index (κ2) is 11.5. The van der Waals surface area contributed by atoms with Gasteiger partial charge in [-0.2, -0.15) is 4.99 Å². The first-order valence-corrected chi connectivity index (χ1v) is 14.5. The van der Waals surface area contributed by atoms with Gasteiger partial charge in [0.1, 0.15) is 6.54 Å². The quantitative estimate of drug-likeness (QED) is 0.271. The van der Waals surface area contributed by atoms with E-state index in [2.05, 4.69) is 4.99 Å². The number of carbonyl (C=O) groups is 2. The zero-order valence-electron chi connectivity index (χ0n) is 21.0. The Morgan fingerprint density at radius 2 is 1.71 bits per heavy atom. The number of amides is 1. The van der Waals surface area contributed by atoms with Crippen LogP contribution in [0.25, 0.3) is 10.2 Å². The third-order valence-electron chi connectivity index (χ3n) is 5.84. The summed E-state index contributed by atoms with van der Waals surface area (Å²) in [4.78, 5) is 30.1. The maximum atomic E-state index is 13.3. The highest BCUT2D eigenvalue weighted by molar-refractivity contribution is 7.92. The molecule has 0 fully saturated rings. The summed E-state index contributed by atoms with van der Waals surface area (Å²) >= 11 is 7.56. The van der Waals surface area contributed by atoms with E-state index in [1.54, 1.807) is 48.7 Å². The Kier molecular flexibility index (Phi) is 8.35. The Hall–Kier alpha value is -3.47. The van der Waals surface area contributed by atoms with Crippen molar-refractivity contribution in [3.63, 3.8) is 0 Å². The van der Waals surface area contributed by atoms with Gasteiger partial charge in [-0.05, 0) is 74.9 Å². The van der Waals surface area contributed by atoms with Crippen molar-refractivity contribution in [1.82, 2.24) is 4.57 Å². The molecule has 0 N–H and O–H groups in total. The van der Waals surface area contributed by atoms with Gasteiger partial charge in [-0.25, -0.2) is 8.42 Å². The van der Waals surface area contributed by atoms with E-state index in [-0.39, 0.29) is 30.2 Å². The number of anilines is 1. The number of benzene rings is 3. The van der Waals surface area contributed by atoms with Crippen LogP contribution < -0.4 is 9.11 Å². The molecule has 8 nitrogen and oxygen atoms in total. The van der Waals surface area contributed by atoms with Crippen molar-refractivity contribution in [2.45, 2.75) is 32.2 Å². The molecule has 4 aromatic rings. The van der Waals surface area contributed by atoms with E-state index < -0.39 is 21.9 Å². The molecule has 0 bridgehead atoms. The molecule has 0 aliphatic carbocycles. The van der Waals surface area contributed by atoms with Crippen molar-refractivity contribution in [1.29, 1.82) is 0 Å². The maximum absolute atomic E-state index is 13.3. The molecule has 1 amide bonds. The maximum Gasteiger partial charge on any atom is 0.326 e. The van der Waals surface area contributed by atoms with Crippen LogP contribution >= 0.6 is 22.9 Å². The molecular formula is C27H26ClN3O5S2. The Morgan fingerprint density at radius 1 is 1.03 bits per heavy atom. The van der Waals surface area contributed by atoms with Crippen LogP contribution in [0, 0.1) is 6.92 Å². The SMILES string of the molecule is CCOC(=O)Cn1c(=NC(=O)c2ccc(S(=O)(=O)N(CC)c3ccccc3)cc2)sc2ccc(Cl)c(C)c21. The summed E-state index contributed by atoms with van der Waals surface area (Å²) in [5, 5.41) is 0.527. The predicted octanol–water partition coefficient (Wildman–Crippen LogP) is 5.18. The summed E-state index contributed by atoms with van der Waals surface area (Å²) < 4.78 is 35.4. The number of aromatic nitrogens is 1. The van der Waals surface area contributed by atoms with Gasteiger partial charge in [0.05, 0.1) is 27.4 Å². The summed E-state index contributed by atoms with van der Waals surface area (Å²) in [5.74, 6) is -1.04. The van der Waals surface area contributed by atoms with Crippen LogP contribution in [0.3, 0.4) is 0 Å². The zero-order valence-corrected chi connectivity index (χ0v) is 23.4. The first kappa shape index (κ1) is 27.6. The van der Waals surface area contributed by atoms with Crippen LogP contribution in [0.5, 0.6) is 0 Å². The van der Waals surface area contributed by atoms with E-state index >= 15 is 0 Å². The van der Waals surface area contributed by atoms with Gasteiger partial charge in [0, 0.05) is 17.1 Å². The second-order valence-electron chi connectivity index (χ2n) is 8.24. The van der Waals surface area contributed by atoms with Gasteiger partial charge in [0.25, 0.3) is 15.9 Å². The van der Waals surface area contributed by atoms with Crippen molar-refractivity contribution in [3.05, 3.63) is 87.7 Å². The fourth-order valence-electron chi connectivity index (χ4n) is 4.02. The Bertz CT molecular complexity index is 1660. The second-order valence-corrected chi connectivity index (χ2v) is 11.5. The summed E-state index contributed by atoms with van der Waals surface area (Å²) in [6.45, 7) is 5.64. The average Bonchev–Trinajstić information content (AvgIpc) is 3.24. The fourth-order valence-corrected chi connectivity index (χ4v) is 6.73. The fraction of sp³-hybridized carbons (Fsp3) is 0.222. The highest BCUT2D eigenvalue weighted by Crippen LogP contribution is 2.27. The standard InChI is InChI=1S/C27H26ClN3O5S2/c1-4-31(20-9-7-6-8-10-20)38(34,35)21-13-11-19(12-14-21)26(33)29-27-30(17-24(32)36-5-2)25-18(3)22(28)15-16-23(25)37-27/h6-16H,4-5,17H2,1-3H3. The summed E-state index contributed by atoms with van der Waals surface area (Å²) in [5.41, 5.74) is 2.22. The van der Waals surface area contributed by atoms with E-state index in [4.69, 9.17) is 16.3 Å². The lowest BCUT2D eigenvalue weighted by Crippen LogP contribution is -2.30. The van der Waals surface area contributed by atoms with E-state index in [9.17, 15) is 18.0 Å². The zero-order chi connectivity index (χ0) is 27.4. The molecule has 0 saturated carbocycles. The molecule has 1 heterocycles. The number of rotatable bonds is 8. The molecular weight excluding hydrogens is 546 g/mol. The Labute approximate surface area is 229 Å². The molecule has 1 aromatic heterocycles. The van der Waals surface area contributed by atoms with Gasteiger partial charge in [-0.1, -0.05) is 41.1 Å². The van der Waals surface area contributed by atoms with Gasteiger partial charge < -0.3 is 9.30 Å². The van der Waals surface area contributed by atoms with E-state index in [0.29, 0.717) is 21.0 Å². The van der Waals surface area contributed by atoms with Crippen molar-refractivity contribution >= 4 is 60.7 Å². The number of para-hydroxylation sites is 1. The van der Waals surface area contributed by atoms with Crippen molar-refractivity contribution in [2.24, 2.45) is 4.99 Å². The summed E-state index contributed by atoms with van der Waals surface area (Å²) in [6.07, 6.45) is 0. The van der Waals surface area contributed by atoms with Crippen molar-refractivity contribution in [3.8, 4) is 0 Å². The van der Waals surface area contributed by atoms with Crippen molar-refractivity contribution in [2.75, 3.05) is 17.5 Å². The third kappa shape index (κ3) is 5.52. The van der Waals surface area contributed by atoms with Crippen LogP contribution in [0.2, 0.25) is 5.02 Å². The molecule has 0 atom stereocenters. The van der Waals surface area contributed by atoms with Crippen molar-refractivity contribution < 1.29 is 22.7 Å². The lowest BCUT2D eigenvalue weighted by molar-refractivity contribution is -0.143. The first-order chi connectivity index (χ1) is 18.2. The molecule has 4 rings (SSSR count). The number of esters is 1. The number of hydrogen-bond donors (Lipinski definition) is 0. The normalized spacial score (nSPS) is 12.1. The number of carbonyl (C=O) groups excluding carboxylic acids is 2. The van der Waals surface area contributed by atoms with Gasteiger partial charge in [0.2, 0.25) is 0 Å². The Morgan fingerprint density at radius 3 is 2.34 bits per heavy atom. The van der Waals surface area contributed by atoms with Gasteiger partial charge in [-0.3, -0.25) is 13.9 Å². The molecule has 0 radical (unpaired) electrons. The molecule has 198 valence electrons. The largest absolute Gasteiger partial charge is 0.465 e. The van der Waals surface area contributed by atoms with Gasteiger partial charge in [-0.15, -0.1) is 0 Å². The molecule has 38 heavy (non-hydrogen) atoms. The molecule has 0 saturated heterocycles. The summed E-state index contributed by atoms with van der Waals surface area (Å²) in [7, 11) is -3.83. The number of hydrogen-bond acceptors (Lipinski definition) is 6.